The van der Waals surface area contributed by atoms with Gasteiger partial charge in [0.15, 0.2) is 11.6 Å². The number of nitrogens with two attached hydrogens (primary N) is 1. The highest BCUT2D eigenvalue weighted by Gasteiger charge is 2.28. The molecule has 6 nitrogen and oxygen atoms in total. The lowest BCUT2D eigenvalue weighted by Gasteiger charge is -2.40. The monoisotopic (exact) mass is 484 g/mol. The number of hydrogen-bond acceptors (Lipinski definition) is 6. The number of hydrogen-bond donors (Lipinski definition) is 2. The fourth-order valence-corrected chi connectivity index (χ4v) is 4.86. The highest BCUT2D eigenvalue weighted by Crippen LogP contribution is 2.34. The zero-order valence-corrected chi connectivity index (χ0v) is 20.5. The molecule has 3 N–H and O–H groups in total. The first-order chi connectivity index (χ1) is 17.1. The van der Waals surface area contributed by atoms with Crippen molar-refractivity contribution in [3.8, 4) is 0 Å². The van der Waals surface area contributed by atoms with Gasteiger partial charge in [-0.25, -0.2) is 9.97 Å². The van der Waals surface area contributed by atoms with Gasteiger partial charge in [0.05, 0.1) is 6.04 Å². The summed E-state index contributed by atoms with van der Waals surface area (Å²) in [5.41, 5.74) is 11.5. The first kappa shape index (κ1) is 23.1. The zero-order valence-electron chi connectivity index (χ0n) is 19.7. The van der Waals surface area contributed by atoms with E-state index in [-0.39, 0.29) is 6.04 Å². The van der Waals surface area contributed by atoms with Crippen molar-refractivity contribution in [3.63, 3.8) is 0 Å². The molecule has 1 fully saturated rings. The lowest BCUT2D eigenvalue weighted by molar-refractivity contribution is 0.212. The minimum Gasteiger partial charge on any atom is -0.393 e. The molecule has 0 spiro atoms. The van der Waals surface area contributed by atoms with Crippen LogP contribution in [0.2, 0.25) is 5.02 Å². The number of halogens is 1. The summed E-state index contributed by atoms with van der Waals surface area (Å²) in [5.74, 6) is 1.35. The molecule has 5 rings (SSSR count). The predicted molar refractivity (Wildman–Crippen MR) is 144 cm³/mol. The van der Waals surface area contributed by atoms with Crippen LogP contribution in [0.15, 0.2) is 85.2 Å². The van der Waals surface area contributed by atoms with Crippen LogP contribution < -0.4 is 16.0 Å². The maximum Gasteiger partial charge on any atom is 0.159 e. The summed E-state index contributed by atoms with van der Waals surface area (Å²) < 4.78 is 0. The van der Waals surface area contributed by atoms with Gasteiger partial charge in [0, 0.05) is 36.9 Å². The van der Waals surface area contributed by atoms with E-state index in [0.29, 0.717) is 16.5 Å². The molecule has 0 amide bonds. The van der Waals surface area contributed by atoms with Crippen molar-refractivity contribution >= 4 is 34.6 Å². The van der Waals surface area contributed by atoms with Crippen molar-refractivity contribution < 1.29 is 0 Å². The average Bonchev–Trinajstić information content (AvgIpc) is 2.90. The Labute approximate surface area is 211 Å². The van der Waals surface area contributed by atoms with Crippen LogP contribution in [-0.4, -0.2) is 41.0 Å². The van der Waals surface area contributed by atoms with Gasteiger partial charge in [0.25, 0.3) is 0 Å². The molecule has 0 saturated carbocycles. The van der Waals surface area contributed by atoms with Crippen LogP contribution in [0.5, 0.6) is 0 Å². The molecule has 0 atom stereocenters. The minimum absolute atomic E-state index is 0.213. The van der Waals surface area contributed by atoms with Gasteiger partial charge in [-0.2, -0.15) is 0 Å². The minimum atomic E-state index is 0.213. The maximum atomic E-state index is 6.55. The molecular weight excluding hydrogens is 456 g/mol. The van der Waals surface area contributed by atoms with E-state index in [1.54, 1.807) is 6.33 Å². The van der Waals surface area contributed by atoms with Crippen molar-refractivity contribution in [2.75, 3.05) is 42.1 Å². The molecule has 0 bridgehead atoms. The van der Waals surface area contributed by atoms with Crippen molar-refractivity contribution in [3.05, 3.63) is 107 Å². The normalized spacial score (nSPS) is 14.3. The third kappa shape index (κ3) is 4.94. The lowest BCUT2D eigenvalue weighted by atomic mass is 9.96. The summed E-state index contributed by atoms with van der Waals surface area (Å²) in [4.78, 5) is 13.7. The smallest absolute Gasteiger partial charge is 0.159 e. The van der Waals surface area contributed by atoms with Crippen LogP contribution in [0.25, 0.3) is 0 Å². The second-order valence-electron chi connectivity index (χ2n) is 8.74. The van der Waals surface area contributed by atoms with Crippen molar-refractivity contribution in [2.24, 2.45) is 0 Å². The van der Waals surface area contributed by atoms with Gasteiger partial charge in [-0.1, -0.05) is 78.3 Å². The van der Waals surface area contributed by atoms with E-state index in [2.05, 4.69) is 85.7 Å². The van der Waals surface area contributed by atoms with Gasteiger partial charge in [-0.3, -0.25) is 4.90 Å². The van der Waals surface area contributed by atoms with E-state index >= 15 is 0 Å². The fourth-order valence-electron chi connectivity index (χ4n) is 4.68. The molecule has 1 aromatic heterocycles. The van der Waals surface area contributed by atoms with Crippen LogP contribution in [0, 0.1) is 6.92 Å². The van der Waals surface area contributed by atoms with Gasteiger partial charge >= 0.3 is 0 Å². The molecule has 7 heteroatoms. The molecule has 4 aromatic rings. The second-order valence-corrected chi connectivity index (χ2v) is 9.15. The van der Waals surface area contributed by atoms with Gasteiger partial charge in [0.2, 0.25) is 0 Å². The Morgan fingerprint density at radius 3 is 2.09 bits per heavy atom. The molecule has 1 aliphatic heterocycles. The van der Waals surface area contributed by atoms with E-state index in [9.17, 15) is 0 Å². The van der Waals surface area contributed by atoms with Crippen LogP contribution in [-0.2, 0) is 0 Å². The Kier molecular flexibility index (Phi) is 6.84. The number of nitrogens with one attached hydrogen (secondary N) is 1. The van der Waals surface area contributed by atoms with Crippen LogP contribution >= 0.6 is 11.6 Å². The summed E-state index contributed by atoms with van der Waals surface area (Å²) in [7, 11) is 0. The van der Waals surface area contributed by atoms with Gasteiger partial charge in [-0.05, 0) is 35.7 Å². The van der Waals surface area contributed by atoms with Crippen LogP contribution in [0.3, 0.4) is 0 Å². The van der Waals surface area contributed by atoms with Crippen molar-refractivity contribution in [1.82, 2.24) is 14.9 Å². The molecule has 3 aromatic carbocycles. The Bertz CT molecular complexity index is 1230. The van der Waals surface area contributed by atoms with Gasteiger partial charge < -0.3 is 16.0 Å². The Morgan fingerprint density at radius 1 is 0.829 bits per heavy atom. The van der Waals surface area contributed by atoms with E-state index in [1.165, 1.54) is 11.1 Å². The Hall–Kier alpha value is -3.61. The third-order valence-electron chi connectivity index (χ3n) is 6.59. The Balaban J connectivity index is 1.35. The lowest BCUT2D eigenvalue weighted by Crippen LogP contribution is -2.48. The average molecular weight is 485 g/mol. The molecule has 0 radical (unpaired) electrons. The number of nitrogens with zero attached hydrogens (tertiary/aromatic N) is 4. The number of benzene rings is 3. The molecule has 1 saturated heterocycles. The highest BCUT2D eigenvalue weighted by atomic mass is 35.5. The second kappa shape index (κ2) is 10.3. The highest BCUT2D eigenvalue weighted by molar-refractivity contribution is 6.31. The Morgan fingerprint density at radius 2 is 1.46 bits per heavy atom. The number of aromatic nitrogens is 2. The summed E-state index contributed by atoms with van der Waals surface area (Å²) in [6.07, 6.45) is 1.57. The predicted octanol–water partition coefficient (Wildman–Crippen LogP) is 5.68. The molecule has 0 unspecified atom stereocenters. The van der Waals surface area contributed by atoms with E-state index in [1.807, 2.05) is 25.1 Å². The first-order valence-electron chi connectivity index (χ1n) is 11.8. The molecule has 178 valence electrons. The first-order valence-corrected chi connectivity index (χ1v) is 12.2. The summed E-state index contributed by atoms with van der Waals surface area (Å²) in [5, 5.41) is 4.03. The number of rotatable bonds is 6. The summed E-state index contributed by atoms with van der Waals surface area (Å²) in [6, 6.07) is 27.4. The maximum absolute atomic E-state index is 6.55. The van der Waals surface area contributed by atoms with E-state index in [0.717, 1.165) is 43.2 Å². The fraction of sp³-hybridized carbons (Fsp3) is 0.214. The van der Waals surface area contributed by atoms with E-state index in [4.69, 9.17) is 17.3 Å². The SMILES string of the molecule is Cc1c(Cl)cccc1Nc1ncnc(N2CCN(C(c3ccccc3)c3ccccc3)CC2)c1N. The quantitative estimate of drug-likeness (QED) is 0.367. The zero-order chi connectivity index (χ0) is 24.2. The number of anilines is 4. The largest absolute Gasteiger partial charge is 0.393 e. The molecule has 1 aliphatic rings. The number of nitrogen functional groups attached to an aromatic ring is 1. The van der Waals surface area contributed by atoms with Crippen LogP contribution in [0.4, 0.5) is 23.0 Å². The molecular formula is C28H29ClN6. The topological polar surface area (TPSA) is 70.3 Å². The van der Waals surface area contributed by atoms with Crippen molar-refractivity contribution in [2.45, 2.75) is 13.0 Å². The molecule has 0 aliphatic carbocycles. The standard InChI is InChI=1S/C28H29ClN6/c1-20-23(29)13-8-14-24(20)33-27-25(30)28(32-19-31-27)35-17-15-34(16-18-35)26(21-9-4-2-5-10-21)22-11-6-3-7-12-22/h2-14,19,26H,15-18,30H2,1H3,(H,31,32,33). The van der Waals surface area contributed by atoms with E-state index < -0.39 is 0 Å². The summed E-state index contributed by atoms with van der Waals surface area (Å²) >= 11 is 6.28. The molecule has 2 heterocycles. The summed E-state index contributed by atoms with van der Waals surface area (Å²) in [6.45, 7) is 5.42. The van der Waals surface area contributed by atoms with Crippen molar-refractivity contribution in [1.29, 1.82) is 0 Å². The number of piperazine rings is 1. The van der Waals surface area contributed by atoms with Gasteiger partial charge in [0.1, 0.15) is 12.0 Å². The van der Waals surface area contributed by atoms with Crippen LogP contribution in [0.1, 0.15) is 22.7 Å². The van der Waals surface area contributed by atoms with Gasteiger partial charge in [-0.15, -0.1) is 0 Å². The third-order valence-corrected chi connectivity index (χ3v) is 7.00. The molecule has 35 heavy (non-hydrogen) atoms.